The van der Waals surface area contributed by atoms with E-state index in [1.54, 1.807) is 0 Å². The molecule has 1 heterocycles. The van der Waals surface area contributed by atoms with E-state index in [0.29, 0.717) is 6.04 Å². The molecule has 1 aliphatic heterocycles. The summed E-state index contributed by atoms with van der Waals surface area (Å²) in [6.07, 6.45) is 9.53. The molecule has 0 amide bonds. The molecule has 3 heteroatoms. The van der Waals surface area contributed by atoms with Crippen molar-refractivity contribution in [1.29, 1.82) is 0 Å². The summed E-state index contributed by atoms with van der Waals surface area (Å²) in [6, 6.07) is 1.42. The Bertz CT molecular complexity index is 241. The zero-order valence-electron chi connectivity index (χ0n) is 12.9. The van der Waals surface area contributed by atoms with Gasteiger partial charge in [0.05, 0.1) is 6.61 Å². The Morgan fingerprint density at radius 1 is 1.11 bits per heavy atom. The summed E-state index contributed by atoms with van der Waals surface area (Å²) in [5.74, 6) is 0.754. The summed E-state index contributed by atoms with van der Waals surface area (Å²) in [7, 11) is 2.33. The predicted molar refractivity (Wildman–Crippen MR) is 80.5 cm³/mol. The van der Waals surface area contributed by atoms with E-state index in [1.165, 1.54) is 51.5 Å². The maximum Gasteiger partial charge on any atom is 0.0506 e. The van der Waals surface area contributed by atoms with Gasteiger partial charge in [0.15, 0.2) is 0 Å². The molecular weight excluding hydrogens is 236 g/mol. The highest BCUT2D eigenvalue weighted by Gasteiger charge is 2.28. The van der Waals surface area contributed by atoms with Crippen LogP contribution in [0.4, 0.5) is 0 Å². The van der Waals surface area contributed by atoms with Crippen molar-refractivity contribution in [2.75, 3.05) is 33.4 Å². The Hall–Kier alpha value is -0.120. The second-order valence-electron chi connectivity index (χ2n) is 6.39. The summed E-state index contributed by atoms with van der Waals surface area (Å²) in [4.78, 5) is 2.62. The van der Waals surface area contributed by atoms with E-state index >= 15 is 0 Å². The van der Waals surface area contributed by atoms with E-state index < -0.39 is 0 Å². The molecule has 3 atom stereocenters. The van der Waals surface area contributed by atoms with Crippen molar-refractivity contribution >= 4 is 0 Å². The van der Waals surface area contributed by atoms with Crippen LogP contribution in [0.25, 0.3) is 0 Å². The summed E-state index contributed by atoms with van der Waals surface area (Å²) < 4.78 is 5.63. The fraction of sp³-hybridized carbons (Fsp3) is 1.00. The number of nitrogens with one attached hydrogen (secondary N) is 1. The van der Waals surface area contributed by atoms with Gasteiger partial charge in [-0.15, -0.1) is 0 Å². The van der Waals surface area contributed by atoms with Gasteiger partial charge in [-0.25, -0.2) is 0 Å². The Kier molecular flexibility index (Phi) is 6.62. The van der Waals surface area contributed by atoms with E-state index in [9.17, 15) is 0 Å². The summed E-state index contributed by atoms with van der Waals surface area (Å²) in [5.41, 5.74) is 0. The van der Waals surface area contributed by atoms with Crippen LogP contribution in [-0.2, 0) is 4.74 Å². The molecule has 1 aliphatic carbocycles. The van der Waals surface area contributed by atoms with Gasteiger partial charge in [-0.3, -0.25) is 0 Å². The molecule has 1 saturated carbocycles. The lowest BCUT2D eigenvalue weighted by Crippen LogP contribution is -2.49. The van der Waals surface area contributed by atoms with Crippen LogP contribution < -0.4 is 5.32 Å². The summed E-state index contributed by atoms with van der Waals surface area (Å²) in [5, 5.41) is 3.72. The average molecular weight is 268 g/mol. The van der Waals surface area contributed by atoms with Crippen molar-refractivity contribution in [3.63, 3.8) is 0 Å². The molecule has 2 rings (SSSR count). The third kappa shape index (κ3) is 4.73. The number of hydrogen-bond acceptors (Lipinski definition) is 3. The first-order valence-corrected chi connectivity index (χ1v) is 8.32. The molecule has 0 radical (unpaired) electrons. The lowest BCUT2D eigenvalue weighted by atomic mass is 9.97. The van der Waals surface area contributed by atoms with E-state index in [0.717, 1.165) is 31.7 Å². The first-order chi connectivity index (χ1) is 9.31. The molecule has 1 saturated heterocycles. The van der Waals surface area contributed by atoms with Gasteiger partial charge in [0.25, 0.3) is 0 Å². The standard InChI is InChI=1S/C16H32N2O/c1-3-17-15-9-5-4-6-10-16(15)18(2)12-14-8-7-11-19-13-14/h14-17H,3-13H2,1-2H3. The maximum atomic E-state index is 5.63. The summed E-state index contributed by atoms with van der Waals surface area (Å²) >= 11 is 0. The predicted octanol–water partition coefficient (Wildman–Crippen LogP) is 2.66. The van der Waals surface area contributed by atoms with Gasteiger partial charge in [0.1, 0.15) is 0 Å². The van der Waals surface area contributed by atoms with Crippen molar-refractivity contribution in [2.45, 2.75) is 64.0 Å². The van der Waals surface area contributed by atoms with Crippen LogP contribution in [0.5, 0.6) is 0 Å². The van der Waals surface area contributed by atoms with Gasteiger partial charge < -0.3 is 15.0 Å². The SMILES string of the molecule is CCNC1CCCCCC1N(C)CC1CCCOC1. The van der Waals surface area contributed by atoms with Crippen molar-refractivity contribution in [1.82, 2.24) is 10.2 Å². The van der Waals surface area contributed by atoms with Gasteiger partial charge in [-0.05, 0) is 45.2 Å². The topological polar surface area (TPSA) is 24.5 Å². The molecule has 112 valence electrons. The normalized spacial score (nSPS) is 33.3. The maximum absolute atomic E-state index is 5.63. The van der Waals surface area contributed by atoms with Gasteiger partial charge in [0, 0.05) is 25.2 Å². The fourth-order valence-electron chi connectivity index (χ4n) is 3.81. The molecular formula is C16H32N2O. The Balaban J connectivity index is 1.87. The fourth-order valence-corrected chi connectivity index (χ4v) is 3.81. The zero-order valence-corrected chi connectivity index (χ0v) is 12.9. The van der Waals surface area contributed by atoms with Crippen LogP contribution in [-0.4, -0.2) is 50.3 Å². The summed E-state index contributed by atoms with van der Waals surface area (Å²) in [6.45, 7) is 6.50. The second kappa shape index (κ2) is 8.23. The van der Waals surface area contributed by atoms with Crippen LogP contribution in [0.15, 0.2) is 0 Å². The zero-order chi connectivity index (χ0) is 13.5. The number of hydrogen-bond donors (Lipinski definition) is 1. The van der Waals surface area contributed by atoms with E-state index in [-0.39, 0.29) is 0 Å². The van der Waals surface area contributed by atoms with Gasteiger partial charge in [-0.1, -0.05) is 26.2 Å². The van der Waals surface area contributed by atoms with Crippen LogP contribution in [0.2, 0.25) is 0 Å². The molecule has 3 nitrogen and oxygen atoms in total. The van der Waals surface area contributed by atoms with E-state index in [2.05, 4.69) is 24.2 Å². The van der Waals surface area contributed by atoms with Gasteiger partial charge in [-0.2, -0.15) is 0 Å². The smallest absolute Gasteiger partial charge is 0.0506 e. The van der Waals surface area contributed by atoms with E-state index in [1.807, 2.05) is 0 Å². The van der Waals surface area contributed by atoms with E-state index in [4.69, 9.17) is 4.74 Å². The number of ether oxygens (including phenoxy) is 1. The Morgan fingerprint density at radius 2 is 1.95 bits per heavy atom. The van der Waals surface area contributed by atoms with Crippen LogP contribution in [0, 0.1) is 5.92 Å². The molecule has 2 fully saturated rings. The number of nitrogens with zero attached hydrogens (tertiary/aromatic N) is 1. The molecule has 0 aromatic heterocycles. The van der Waals surface area contributed by atoms with Crippen molar-refractivity contribution in [2.24, 2.45) is 5.92 Å². The molecule has 0 aromatic carbocycles. The molecule has 3 unspecified atom stereocenters. The number of likely N-dealkylation sites (N-methyl/N-ethyl adjacent to an activating group) is 2. The molecule has 0 bridgehead atoms. The third-order valence-electron chi connectivity index (χ3n) is 4.81. The lowest BCUT2D eigenvalue weighted by molar-refractivity contribution is 0.0323. The first-order valence-electron chi connectivity index (χ1n) is 8.32. The van der Waals surface area contributed by atoms with Crippen molar-refractivity contribution in [3.8, 4) is 0 Å². The van der Waals surface area contributed by atoms with Gasteiger partial charge in [0.2, 0.25) is 0 Å². The Labute approximate surface area is 119 Å². The van der Waals surface area contributed by atoms with Crippen molar-refractivity contribution < 1.29 is 4.74 Å². The van der Waals surface area contributed by atoms with Crippen LogP contribution in [0.1, 0.15) is 51.9 Å². The monoisotopic (exact) mass is 268 g/mol. The lowest BCUT2D eigenvalue weighted by Gasteiger charge is -2.37. The molecule has 0 spiro atoms. The third-order valence-corrected chi connectivity index (χ3v) is 4.81. The number of rotatable bonds is 5. The van der Waals surface area contributed by atoms with Crippen LogP contribution in [0.3, 0.4) is 0 Å². The average Bonchev–Trinajstić information content (AvgIpc) is 2.66. The second-order valence-corrected chi connectivity index (χ2v) is 6.39. The highest BCUT2D eigenvalue weighted by Crippen LogP contribution is 2.24. The molecule has 1 N–H and O–H groups in total. The molecule has 2 aliphatic rings. The molecule has 19 heavy (non-hydrogen) atoms. The largest absolute Gasteiger partial charge is 0.381 e. The van der Waals surface area contributed by atoms with Gasteiger partial charge >= 0.3 is 0 Å². The Morgan fingerprint density at radius 3 is 2.68 bits per heavy atom. The minimum Gasteiger partial charge on any atom is -0.381 e. The first kappa shape index (κ1) is 15.3. The highest BCUT2D eigenvalue weighted by molar-refractivity contribution is 4.86. The quantitative estimate of drug-likeness (QED) is 0.776. The minimum atomic E-state index is 0.696. The molecule has 0 aromatic rings. The van der Waals surface area contributed by atoms with Crippen LogP contribution >= 0.6 is 0 Å². The highest BCUT2D eigenvalue weighted by atomic mass is 16.5. The van der Waals surface area contributed by atoms with Crippen molar-refractivity contribution in [3.05, 3.63) is 0 Å². The minimum absolute atomic E-state index is 0.696.